The lowest BCUT2D eigenvalue weighted by molar-refractivity contribution is 0.768. The SMILES string of the molecule is CCn1ccnc1-c1nccnc1N. The molecule has 0 aromatic carbocycles. The van der Waals surface area contributed by atoms with Crippen LogP contribution in [0, 0.1) is 0 Å². The lowest BCUT2D eigenvalue weighted by Crippen LogP contribution is -2.02. The van der Waals surface area contributed by atoms with Gasteiger partial charge in [0.05, 0.1) is 0 Å². The molecule has 2 aromatic heterocycles. The number of hydrogen-bond acceptors (Lipinski definition) is 4. The number of anilines is 1. The molecule has 0 spiro atoms. The van der Waals surface area contributed by atoms with Gasteiger partial charge in [-0.1, -0.05) is 0 Å². The first-order valence-corrected chi connectivity index (χ1v) is 4.41. The second-order valence-electron chi connectivity index (χ2n) is 2.83. The summed E-state index contributed by atoms with van der Waals surface area (Å²) in [5.41, 5.74) is 6.35. The smallest absolute Gasteiger partial charge is 0.162 e. The summed E-state index contributed by atoms with van der Waals surface area (Å²) in [6.45, 7) is 2.88. The number of aromatic nitrogens is 4. The Morgan fingerprint density at radius 3 is 2.71 bits per heavy atom. The van der Waals surface area contributed by atoms with Crippen LogP contribution in [0.1, 0.15) is 6.92 Å². The Hall–Kier alpha value is -1.91. The summed E-state index contributed by atoms with van der Waals surface area (Å²) in [6, 6.07) is 0. The average Bonchev–Trinajstić information content (AvgIpc) is 2.66. The molecule has 0 aliphatic carbocycles. The lowest BCUT2D eigenvalue weighted by Gasteiger charge is -2.04. The first-order valence-electron chi connectivity index (χ1n) is 4.41. The molecule has 0 atom stereocenters. The number of nitrogens with zero attached hydrogens (tertiary/aromatic N) is 4. The van der Waals surface area contributed by atoms with Crippen molar-refractivity contribution < 1.29 is 0 Å². The summed E-state index contributed by atoms with van der Waals surface area (Å²) in [5, 5.41) is 0. The molecular weight excluding hydrogens is 178 g/mol. The van der Waals surface area contributed by atoms with E-state index in [2.05, 4.69) is 15.0 Å². The van der Waals surface area contributed by atoms with E-state index in [1.165, 1.54) is 0 Å². The van der Waals surface area contributed by atoms with Crippen molar-refractivity contribution in [1.82, 2.24) is 19.5 Å². The van der Waals surface area contributed by atoms with E-state index in [1.807, 2.05) is 17.7 Å². The zero-order valence-electron chi connectivity index (χ0n) is 7.88. The van der Waals surface area contributed by atoms with Crippen molar-refractivity contribution in [1.29, 1.82) is 0 Å². The van der Waals surface area contributed by atoms with Gasteiger partial charge in [0.1, 0.15) is 5.69 Å². The summed E-state index contributed by atoms with van der Waals surface area (Å²) in [7, 11) is 0. The molecule has 2 rings (SSSR count). The Balaban J connectivity index is 2.54. The standard InChI is InChI=1S/C9H11N5/c1-2-14-6-5-13-9(14)7-8(10)12-4-3-11-7/h3-6H,2H2,1H3,(H2,10,12). The van der Waals surface area contributed by atoms with Crippen molar-refractivity contribution >= 4 is 5.82 Å². The third-order valence-corrected chi connectivity index (χ3v) is 1.99. The highest BCUT2D eigenvalue weighted by molar-refractivity contribution is 5.63. The second kappa shape index (κ2) is 3.45. The molecule has 72 valence electrons. The highest BCUT2D eigenvalue weighted by Gasteiger charge is 2.09. The van der Waals surface area contributed by atoms with E-state index >= 15 is 0 Å². The van der Waals surface area contributed by atoms with Crippen LogP contribution in [-0.4, -0.2) is 19.5 Å². The first kappa shape index (κ1) is 8.68. The van der Waals surface area contributed by atoms with Gasteiger partial charge >= 0.3 is 0 Å². The van der Waals surface area contributed by atoms with E-state index in [0.29, 0.717) is 11.5 Å². The maximum Gasteiger partial charge on any atom is 0.162 e. The van der Waals surface area contributed by atoms with E-state index in [9.17, 15) is 0 Å². The Labute approximate surface area is 81.6 Å². The fraction of sp³-hybridized carbons (Fsp3) is 0.222. The van der Waals surface area contributed by atoms with Crippen LogP contribution in [0.5, 0.6) is 0 Å². The molecule has 0 fully saturated rings. The van der Waals surface area contributed by atoms with Gasteiger partial charge in [-0.3, -0.25) is 0 Å². The van der Waals surface area contributed by atoms with Crippen LogP contribution in [0.4, 0.5) is 5.82 Å². The zero-order valence-corrected chi connectivity index (χ0v) is 7.88. The van der Waals surface area contributed by atoms with Crippen molar-refractivity contribution in [3.05, 3.63) is 24.8 Å². The molecule has 0 saturated carbocycles. The Morgan fingerprint density at radius 1 is 1.21 bits per heavy atom. The van der Waals surface area contributed by atoms with Crippen LogP contribution >= 0.6 is 0 Å². The summed E-state index contributed by atoms with van der Waals surface area (Å²) < 4.78 is 1.97. The largest absolute Gasteiger partial charge is 0.382 e. The first-order chi connectivity index (χ1) is 6.83. The van der Waals surface area contributed by atoms with Crippen molar-refractivity contribution in [2.75, 3.05) is 5.73 Å². The van der Waals surface area contributed by atoms with Gasteiger partial charge in [-0.25, -0.2) is 15.0 Å². The fourth-order valence-corrected chi connectivity index (χ4v) is 1.30. The van der Waals surface area contributed by atoms with E-state index in [4.69, 9.17) is 5.73 Å². The molecule has 5 nitrogen and oxygen atoms in total. The molecule has 14 heavy (non-hydrogen) atoms. The molecule has 0 aliphatic rings. The highest BCUT2D eigenvalue weighted by Crippen LogP contribution is 2.18. The predicted octanol–water partition coefficient (Wildman–Crippen LogP) is 0.942. The maximum atomic E-state index is 5.71. The predicted molar refractivity (Wildman–Crippen MR) is 53.3 cm³/mol. The minimum absolute atomic E-state index is 0.411. The van der Waals surface area contributed by atoms with Gasteiger partial charge in [0.15, 0.2) is 11.6 Å². The van der Waals surface area contributed by atoms with Crippen molar-refractivity contribution in [3.8, 4) is 11.5 Å². The van der Waals surface area contributed by atoms with Crippen LogP contribution < -0.4 is 5.73 Å². The second-order valence-corrected chi connectivity index (χ2v) is 2.83. The molecule has 2 N–H and O–H groups in total. The van der Waals surface area contributed by atoms with Crippen LogP contribution in [0.3, 0.4) is 0 Å². The van der Waals surface area contributed by atoms with Crippen molar-refractivity contribution in [3.63, 3.8) is 0 Å². The number of imidazole rings is 1. The Morgan fingerprint density at radius 2 is 2.00 bits per heavy atom. The van der Waals surface area contributed by atoms with Crippen molar-refractivity contribution in [2.24, 2.45) is 0 Å². The molecule has 5 heteroatoms. The van der Waals surface area contributed by atoms with Crippen LogP contribution in [0.15, 0.2) is 24.8 Å². The highest BCUT2D eigenvalue weighted by atomic mass is 15.1. The van der Waals surface area contributed by atoms with Gasteiger partial charge in [-0.15, -0.1) is 0 Å². The molecular formula is C9H11N5. The quantitative estimate of drug-likeness (QED) is 0.763. The van der Waals surface area contributed by atoms with Gasteiger partial charge < -0.3 is 10.3 Å². The van der Waals surface area contributed by atoms with Gasteiger partial charge in [-0.05, 0) is 6.92 Å². The molecule has 2 aromatic rings. The number of rotatable bonds is 2. The molecule has 0 amide bonds. The molecule has 2 heterocycles. The minimum atomic E-state index is 0.411. The maximum absolute atomic E-state index is 5.71. The normalized spacial score (nSPS) is 10.4. The molecule has 0 saturated heterocycles. The third-order valence-electron chi connectivity index (χ3n) is 1.99. The van der Waals surface area contributed by atoms with Gasteiger partial charge in [0, 0.05) is 31.3 Å². The fourth-order valence-electron chi connectivity index (χ4n) is 1.30. The minimum Gasteiger partial charge on any atom is -0.382 e. The average molecular weight is 189 g/mol. The lowest BCUT2D eigenvalue weighted by atomic mass is 10.4. The van der Waals surface area contributed by atoms with Gasteiger partial charge in [0.2, 0.25) is 0 Å². The molecule has 0 unspecified atom stereocenters. The molecule has 0 aliphatic heterocycles. The third kappa shape index (κ3) is 1.32. The summed E-state index contributed by atoms with van der Waals surface area (Å²) >= 11 is 0. The van der Waals surface area contributed by atoms with Gasteiger partial charge in [0.25, 0.3) is 0 Å². The number of aryl methyl sites for hydroxylation is 1. The number of nitrogens with two attached hydrogens (primary N) is 1. The van der Waals surface area contributed by atoms with Gasteiger partial charge in [-0.2, -0.15) is 0 Å². The summed E-state index contributed by atoms with van der Waals surface area (Å²) in [4.78, 5) is 12.3. The summed E-state index contributed by atoms with van der Waals surface area (Å²) in [5.74, 6) is 1.17. The summed E-state index contributed by atoms with van der Waals surface area (Å²) in [6.07, 6.45) is 6.80. The van der Waals surface area contributed by atoms with Crippen LogP contribution in [0.2, 0.25) is 0 Å². The zero-order chi connectivity index (χ0) is 9.97. The topological polar surface area (TPSA) is 69.6 Å². The Bertz CT molecular complexity index is 434. The number of hydrogen-bond donors (Lipinski definition) is 1. The molecule has 0 bridgehead atoms. The van der Waals surface area contributed by atoms with Crippen LogP contribution in [0.25, 0.3) is 11.5 Å². The van der Waals surface area contributed by atoms with E-state index in [-0.39, 0.29) is 0 Å². The van der Waals surface area contributed by atoms with Crippen LogP contribution in [-0.2, 0) is 6.54 Å². The van der Waals surface area contributed by atoms with E-state index in [0.717, 1.165) is 12.4 Å². The van der Waals surface area contributed by atoms with E-state index < -0.39 is 0 Å². The monoisotopic (exact) mass is 189 g/mol. The molecule has 0 radical (unpaired) electrons. The van der Waals surface area contributed by atoms with E-state index in [1.54, 1.807) is 18.6 Å². The Kier molecular flexibility index (Phi) is 2.14. The van der Waals surface area contributed by atoms with Crippen molar-refractivity contribution in [2.45, 2.75) is 13.5 Å². The number of nitrogen functional groups attached to an aromatic ring is 1.